The number of allylic oxidation sites excluding steroid dienone is 1. The molecule has 0 saturated carbocycles. The molecule has 0 radical (unpaired) electrons. The van der Waals surface area contributed by atoms with Crippen LogP contribution in [0.15, 0.2) is 36.4 Å². The van der Waals surface area contributed by atoms with E-state index in [1.54, 1.807) is 6.92 Å². The van der Waals surface area contributed by atoms with Crippen molar-refractivity contribution >= 4 is 5.78 Å². The van der Waals surface area contributed by atoms with E-state index in [0.717, 1.165) is 17.5 Å². The Hall–Kier alpha value is -1.37. The van der Waals surface area contributed by atoms with Crippen LogP contribution in [0.25, 0.3) is 0 Å². The smallest absolute Gasteiger partial charge is 0.188 e. The maximum Gasteiger partial charge on any atom is 0.188 e. The van der Waals surface area contributed by atoms with Gasteiger partial charge in [0.1, 0.15) is 0 Å². The molecule has 13 heavy (non-hydrogen) atoms. The fourth-order valence-corrected chi connectivity index (χ4v) is 1.28. The lowest BCUT2D eigenvalue weighted by Gasteiger charge is -2.05. The number of ketones is 1. The summed E-state index contributed by atoms with van der Waals surface area (Å²) < 4.78 is 0. The van der Waals surface area contributed by atoms with Crippen LogP contribution >= 0.6 is 0 Å². The second kappa shape index (κ2) is 4.04. The Morgan fingerprint density at radius 3 is 2.54 bits per heavy atom. The molecule has 0 bridgehead atoms. The molecule has 1 aromatic carbocycles. The van der Waals surface area contributed by atoms with E-state index in [0.29, 0.717) is 5.57 Å². The molecule has 0 fully saturated rings. The van der Waals surface area contributed by atoms with E-state index in [4.69, 9.17) is 0 Å². The lowest BCUT2D eigenvalue weighted by Crippen LogP contribution is -2.03. The first kappa shape index (κ1) is 9.72. The highest BCUT2D eigenvalue weighted by Crippen LogP contribution is 2.13. The summed E-state index contributed by atoms with van der Waals surface area (Å²) in [4.78, 5) is 11.6. The van der Waals surface area contributed by atoms with Crippen molar-refractivity contribution in [3.05, 3.63) is 47.5 Å². The minimum Gasteiger partial charge on any atom is -0.289 e. The monoisotopic (exact) mass is 174 g/mol. The van der Waals surface area contributed by atoms with Crippen LogP contribution in [0.1, 0.15) is 29.8 Å². The number of carbonyl (C=O) groups excluding carboxylic acids is 1. The standard InChI is InChI=1S/C12H14O/c1-4-10-7-5-6-8-11(10)12(13)9(2)3/h5-8H,2,4H2,1,3H3. The van der Waals surface area contributed by atoms with Crippen molar-refractivity contribution in [1.29, 1.82) is 0 Å². The summed E-state index contributed by atoms with van der Waals surface area (Å²) in [6.07, 6.45) is 0.884. The van der Waals surface area contributed by atoms with Crippen LogP contribution in [0, 0.1) is 0 Å². The number of Topliss-reactive ketones (excluding diaryl/α,β-unsaturated/α-hetero) is 1. The van der Waals surface area contributed by atoms with Crippen LogP contribution in [0.2, 0.25) is 0 Å². The third-order valence-corrected chi connectivity index (χ3v) is 2.03. The van der Waals surface area contributed by atoms with Gasteiger partial charge in [0, 0.05) is 5.56 Å². The molecule has 0 aromatic heterocycles. The van der Waals surface area contributed by atoms with Gasteiger partial charge in [0.25, 0.3) is 0 Å². The quantitative estimate of drug-likeness (QED) is 0.508. The number of aryl methyl sites for hydroxylation is 1. The van der Waals surface area contributed by atoms with E-state index in [9.17, 15) is 4.79 Å². The molecule has 1 rings (SSSR count). The summed E-state index contributed by atoms with van der Waals surface area (Å²) in [5, 5.41) is 0. The number of rotatable bonds is 3. The predicted octanol–water partition coefficient (Wildman–Crippen LogP) is 3.01. The largest absolute Gasteiger partial charge is 0.289 e. The number of benzene rings is 1. The molecule has 1 nitrogen and oxygen atoms in total. The van der Waals surface area contributed by atoms with Crippen LogP contribution in [0.3, 0.4) is 0 Å². The molecule has 0 atom stereocenters. The molecule has 1 heteroatoms. The SMILES string of the molecule is C=C(C)C(=O)c1ccccc1CC. The van der Waals surface area contributed by atoms with Gasteiger partial charge >= 0.3 is 0 Å². The second-order valence-electron chi connectivity index (χ2n) is 3.12. The Balaban J connectivity index is 3.13. The van der Waals surface area contributed by atoms with Gasteiger partial charge in [-0.2, -0.15) is 0 Å². The molecule has 68 valence electrons. The Morgan fingerprint density at radius 2 is 2.00 bits per heavy atom. The second-order valence-corrected chi connectivity index (χ2v) is 3.12. The third-order valence-electron chi connectivity index (χ3n) is 2.03. The van der Waals surface area contributed by atoms with Gasteiger partial charge in [0.15, 0.2) is 5.78 Å². The van der Waals surface area contributed by atoms with E-state index >= 15 is 0 Å². The fourth-order valence-electron chi connectivity index (χ4n) is 1.28. The maximum atomic E-state index is 11.6. The van der Waals surface area contributed by atoms with Crippen molar-refractivity contribution in [3.63, 3.8) is 0 Å². The molecular weight excluding hydrogens is 160 g/mol. The maximum absolute atomic E-state index is 11.6. The summed E-state index contributed by atoms with van der Waals surface area (Å²) in [7, 11) is 0. The fraction of sp³-hybridized carbons (Fsp3) is 0.250. The van der Waals surface area contributed by atoms with Crippen LogP contribution in [0.5, 0.6) is 0 Å². The lowest BCUT2D eigenvalue weighted by molar-refractivity contribution is 0.103. The highest BCUT2D eigenvalue weighted by molar-refractivity contribution is 6.08. The molecular formula is C12H14O. The van der Waals surface area contributed by atoms with Crippen LogP contribution < -0.4 is 0 Å². The summed E-state index contributed by atoms with van der Waals surface area (Å²) in [5.41, 5.74) is 2.48. The van der Waals surface area contributed by atoms with Crippen molar-refractivity contribution in [2.75, 3.05) is 0 Å². The van der Waals surface area contributed by atoms with Gasteiger partial charge < -0.3 is 0 Å². The summed E-state index contributed by atoms with van der Waals surface area (Å²) in [6, 6.07) is 7.68. The van der Waals surface area contributed by atoms with Crippen molar-refractivity contribution in [2.24, 2.45) is 0 Å². The molecule has 0 spiro atoms. The average Bonchev–Trinajstić information content (AvgIpc) is 2.16. The summed E-state index contributed by atoms with van der Waals surface area (Å²) in [6.45, 7) is 7.45. The van der Waals surface area contributed by atoms with Crippen LogP contribution in [-0.2, 0) is 6.42 Å². The zero-order chi connectivity index (χ0) is 9.84. The van der Waals surface area contributed by atoms with Gasteiger partial charge in [-0.15, -0.1) is 0 Å². The highest BCUT2D eigenvalue weighted by Gasteiger charge is 2.09. The van der Waals surface area contributed by atoms with Gasteiger partial charge in [0.05, 0.1) is 0 Å². The average molecular weight is 174 g/mol. The van der Waals surface area contributed by atoms with Crippen molar-refractivity contribution in [2.45, 2.75) is 20.3 Å². The number of carbonyl (C=O) groups is 1. The van der Waals surface area contributed by atoms with E-state index < -0.39 is 0 Å². The minimum atomic E-state index is 0.0532. The molecule has 0 N–H and O–H groups in total. The predicted molar refractivity (Wildman–Crippen MR) is 55.0 cm³/mol. The molecule has 0 aliphatic carbocycles. The molecule has 0 amide bonds. The Morgan fingerprint density at radius 1 is 1.38 bits per heavy atom. The minimum absolute atomic E-state index is 0.0532. The first-order chi connectivity index (χ1) is 6.16. The highest BCUT2D eigenvalue weighted by atomic mass is 16.1. The Kier molecular flexibility index (Phi) is 3.02. The summed E-state index contributed by atoms with van der Waals surface area (Å²) in [5.74, 6) is 0.0532. The Labute approximate surface area is 79.1 Å². The Bertz CT molecular complexity index is 337. The van der Waals surface area contributed by atoms with Crippen molar-refractivity contribution < 1.29 is 4.79 Å². The molecule has 0 saturated heterocycles. The molecule has 1 aromatic rings. The lowest BCUT2D eigenvalue weighted by atomic mass is 9.98. The third kappa shape index (κ3) is 2.05. The van der Waals surface area contributed by atoms with Crippen molar-refractivity contribution in [1.82, 2.24) is 0 Å². The first-order valence-electron chi connectivity index (χ1n) is 4.45. The van der Waals surface area contributed by atoms with E-state index in [1.807, 2.05) is 31.2 Å². The van der Waals surface area contributed by atoms with Crippen molar-refractivity contribution in [3.8, 4) is 0 Å². The van der Waals surface area contributed by atoms with Gasteiger partial charge in [-0.25, -0.2) is 0 Å². The topological polar surface area (TPSA) is 17.1 Å². The molecule has 0 aliphatic heterocycles. The normalized spacial score (nSPS) is 9.69. The van der Waals surface area contributed by atoms with Gasteiger partial charge in [0.2, 0.25) is 0 Å². The zero-order valence-corrected chi connectivity index (χ0v) is 8.13. The van der Waals surface area contributed by atoms with Crippen LogP contribution in [0.4, 0.5) is 0 Å². The zero-order valence-electron chi connectivity index (χ0n) is 8.13. The first-order valence-corrected chi connectivity index (χ1v) is 4.45. The molecule has 0 aliphatic rings. The molecule has 0 unspecified atom stereocenters. The van der Waals surface area contributed by atoms with Crippen LogP contribution in [-0.4, -0.2) is 5.78 Å². The van der Waals surface area contributed by atoms with Gasteiger partial charge in [-0.05, 0) is 24.5 Å². The van der Waals surface area contributed by atoms with Gasteiger partial charge in [-0.1, -0.05) is 37.8 Å². The van der Waals surface area contributed by atoms with Gasteiger partial charge in [-0.3, -0.25) is 4.79 Å². The number of hydrogen-bond acceptors (Lipinski definition) is 1. The van der Waals surface area contributed by atoms with E-state index in [2.05, 4.69) is 6.58 Å². The van der Waals surface area contributed by atoms with E-state index in [1.165, 1.54) is 0 Å². The molecule has 0 heterocycles. The number of hydrogen-bond donors (Lipinski definition) is 0. The van der Waals surface area contributed by atoms with E-state index in [-0.39, 0.29) is 5.78 Å². The summed E-state index contributed by atoms with van der Waals surface area (Å²) >= 11 is 0.